The summed E-state index contributed by atoms with van der Waals surface area (Å²) in [5.74, 6) is 1.68. The van der Waals surface area contributed by atoms with Crippen LogP contribution in [0.2, 0.25) is 0 Å². The Balaban J connectivity index is 0.00000192. The Kier molecular flexibility index (Phi) is 6.60. The lowest BCUT2D eigenvalue weighted by Gasteiger charge is -2.38. The Morgan fingerprint density at radius 1 is 1.00 bits per heavy atom. The van der Waals surface area contributed by atoms with E-state index in [1.807, 2.05) is 0 Å². The van der Waals surface area contributed by atoms with Gasteiger partial charge in [0.2, 0.25) is 0 Å². The molecule has 0 N–H and O–H groups in total. The van der Waals surface area contributed by atoms with Crippen LogP contribution in [0.4, 0.5) is 0 Å². The number of halogens is 1. The topological polar surface area (TPSA) is 6.25 Å². The number of allylic oxidation sites excluding steroid dienone is 2. The minimum Gasteiger partial charge on any atom is -1.00 e. The molecular weight excluding hydrogens is 395 g/mol. The molecule has 3 heteroatoms. The van der Waals surface area contributed by atoms with Crippen LogP contribution >= 0.6 is 0 Å². The minimum atomic E-state index is 0. The van der Waals surface area contributed by atoms with Gasteiger partial charge in [0.25, 0.3) is 0 Å². The van der Waals surface area contributed by atoms with Gasteiger partial charge in [-0.3, -0.25) is 0 Å². The normalized spacial score (nSPS) is 31.5. The van der Waals surface area contributed by atoms with Crippen molar-refractivity contribution < 1.29 is 28.6 Å². The third-order valence-corrected chi connectivity index (χ3v) is 5.69. The van der Waals surface area contributed by atoms with Gasteiger partial charge in [0, 0.05) is 43.1 Å². The molecule has 0 aromatic carbocycles. The average Bonchev–Trinajstić information content (AvgIpc) is 2.45. The van der Waals surface area contributed by atoms with Crippen LogP contribution < -0.4 is 24.0 Å². The van der Waals surface area contributed by atoms with Crippen molar-refractivity contribution in [2.75, 3.05) is 26.2 Å². The van der Waals surface area contributed by atoms with E-state index in [-0.39, 0.29) is 24.0 Å². The van der Waals surface area contributed by atoms with Gasteiger partial charge >= 0.3 is 0 Å². The third-order valence-electron chi connectivity index (χ3n) is 5.69. The largest absolute Gasteiger partial charge is 1.00 e. The highest BCUT2D eigenvalue weighted by Gasteiger charge is 2.35. The molecule has 0 bridgehead atoms. The molecule has 0 aromatic rings. The molecule has 0 aromatic heterocycles. The van der Waals surface area contributed by atoms with Crippen LogP contribution in [0.3, 0.4) is 0 Å². The number of likely N-dealkylation sites (tertiary alicyclic amines) is 1. The zero-order chi connectivity index (χ0) is 15.7. The summed E-state index contributed by atoms with van der Waals surface area (Å²) in [4.78, 5) is 2.68. The number of nitrogens with zero attached hydrogens (tertiary/aromatic N) is 2. The summed E-state index contributed by atoms with van der Waals surface area (Å²) < 4.78 is 2.71. The van der Waals surface area contributed by atoms with Crippen LogP contribution in [0, 0.1) is 17.3 Å². The van der Waals surface area contributed by atoms with Gasteiger partial charge < -0.3 is 28.9 Å². The number of piperidine rings is 2. The van der Waals surface area contributed by atoms with Crippen LogP contribution in [0.1, 0.15) is 66.2 Å². The van der Waals surface area contributed by atoms with Crippen LogP contribution in [0.15, 0.2) is 11.8 Å². The second-order valence-electron chi connectivity index (χ2n) is 9.04. The van der Waals surface area contributed by atoms with Gasteiger partial charge in [0.1, 0.15) is 13.1 Å². The van der Waals surface area contributed by atoms with Gasteiger partial charge in [-0.25, -0.2) is 4.58 Å². The van der Waals surface area contributed by atoms with E-state index in [2.05, 4.69) is 43.2 Å². The van der Waals surface area contributed by atoms with Gasteiger partial charge in [-0.2, -0.15) is 0 Å². The molecule has 3 rings (SSSR count). The second-order valence-corrected chi connectivity index (χ2v) is 9.04. The maximum absolute atomic E-state index is 2.71. The SMILES string of the molecule is CC1CC(C)C[N+](=C2C=C(N3CCCCC3)CC(C)(C)C2)C1.[I-]. The number of hydrogen-bond acceptors (Lipinski definition) is 1. The molecule has 1 aliphatic carbocycles. The molecule has 2 atom stereocenters. The molecule has 2 unspecified atom stereocenters. The number of hydrogen-bond donors (Lipinski definition) is 0. The fraction of sp³-hybridized carbons (Fsp3) is 0.850. The Hall–Kier alpha value is -0.0600. The fourth-order valence-electron chi connectivity index (χ4n) is 4.82. The zero-order valence-corrected chi connectivity index (χ0v) is 17.7. The van der Waals surface area contributed by atoms with Crippen molar-refractivity contribution in [3.05, 3.63) is 11.8 Å². The van der Waals surface area contributed by atoms with E-state index in [9.17, 15) is 0 Å². The summed E-state index contributed by atoms with van der Waals surface area (Å²) in [7, 11) is 0. The van der Waals surface area contributed by atoms with Crippen LogP contribution in [-0.2, 0) is 0 Å². The predicted octanol–water partition coefficient (Wildman–Crippen LogP) is 1.31. The summed E-state index contributed by atoms with van der Waals surface area (Å²) >= 11 is 0. The molecule has 2 nitrogen and oxygen atoms in total. The van der Waals surface area contributed by atoms with E-state index in [0.717, 1.165) is 11.8 Å². The standard InChI is InChI=1S/C20H35N2.HI/c1-16-10-17(2)15-22(14-16)19-11-18(12-20(3,4)13-19)21-8-6-5-7-9-21;/h11,16-17H,5-10,12-15H2,1-4H3;1H/q+1;/p-1. The zero-order valence-electron chi connectivity index (χ0n) is 15.6. The lowest BCUT2D eigenvalue weighted by Crippen LogP contribution is -3.00. The monoisotopic (exact) mass is 430 g/mol. The van der Waals surface area contributed by atoms with Gasteiger partial charge in [-0.05, 0) is 37.5 Å². The van der Waals surface area contributed by atoms with Crippen molar-refractivity contribution in [3.8, 4) is 0 Å². The molecule has 0 saturated carbocycles. The van der Waals surface area contributed by atoms with Gasteiger partial charge in [-0.15, -0.1) is 0 Å². The predicted molar refractivity (Wildman–Crippen MR) is 94.5 cm³/mol. The maximum atomic E-state index is 2.71. The fourth-order valence-corrected chi connectivity index (χ4v) is 4.82. The van der Waals surface area contributed by atoms with Crippen molar-refractivity contribution >= 4 is 5.71 Å². The first-order chi connectivity index (χ1) is 10.4. The lowest BCUT2D eigenvalue weighted by atomic mass is 9.77. The minimum absolute atomic E-state index is 0. The Morgan fingerprint density at radius 2 is 1.61 bits per heavy atom. The third kappa shape index (κ3) is 4.96. The Bertz CT molecular complexity index is 460. The molecule has 2 saturated heterocycles. The molecule has 132 valence electrons. The van der Waals surface area contributed by atoms with Crippen molar-refractivity contribution in [3.63, 3.8) is 0 Å². The van der Waals surface area contributed by atoms with Crippen molar-refractivity contribution in [1.82, 2.24) is 4.90 Å². The molecule has 3 aliphatic rings. The quantitative estimate of drug-likeness (QED) is 0.449. The number of rotatable bonds is 1. The molecule has 0 radical (unpaired) electrons. The summed E-state index contributed by atoms with van der Waals surface area (Å²) in [6, 6.07) is 0. The first kappa shape index (κ1) is 19.3. The molecule has 2 aliphatic heterocycles. The summed E-state index contributed by atoms with van der Waals surface area (Å²) in [5.41, 5.74) is 3.66. The maximum Gasteiger partial charge on any atom is 0.178 e. The van der Waals surface area contributed by atoms with Crippen LogP contribution in [0.5, 0.6) is 0 Å². The van der Waals surface area contributed by atoms with Crippen molar-refractivity contribution in [1.29, 1.82) is 0 Å². The van der Waals surface area contributed by atoms with Gasteiger partial charge in [-0.1, -0.05) is 27.7 Å². The summed E-state index contributed by atoms with van der Waals surface area (Å²) in [5, 5.41) is 0. The molecule has 2 heterocycles. The summed E-state index contributed by atoms with van der Waals surface area (Å²) in [6.45, 7) is 14.9. The highest BCUT2D eigenvalue weighted by molar-refractivity contribution is 5.92. The Morgan fingerprint density at radius 3 is 2.22 bits per heavy atom. The molecule has 0 amide bonds. The van der Waals surface area contributed by atoms with Crippen molar-refractivity contribution in [2.45, 2.75) is 66.2 Å². The van der Waals surface area contributed by atoms with E-state index in [4.69, 9.17) is 0 Å². The average molecular weight is 430 g/mol. The van der Waals surface area contributed by atoms with Gasteiger partial charge in [0.05, 0.1) is 0 Å². The first-order valence-electron chi connectivity index (χ1n) is 9.49. The van der Waals surface area contributed by atoms with E-state index >= 15 is 0 Å². The van der Waals surface area contributed by atoms with Gasteiger partial charge in [0.15, 0.2) is 5.71 Å². The van der Waals surface area contributed by atoms with Crippen LogP contribution in [-0.4, -0.2) is 41.4 Å². The lowest BCUT2D eigenvalue weighted by molar-refractivity contribution is -0.553. The first-order valence-corrected chi connectivity index (χ1v) is 9.49. The van der Waals surface area contributed by atoms with Crippen molar-refractivity contribution in [2.24, 2.45) is 17.3 Å². The highest BCUT2D eigenvalue weighted by atomic mass is 127. The van der Waals surface area contributed by atoms with Crippen LogP contribution in [0.25, 0.3) is 0 Å². The smallest absolute Gasteiger partial charge is 0.178 e. The highest BCUT2D eigenvalue weighted by Crippen LogP contribution is 2.36. The molecule has 2 fully saturated rings. The van der Waals surface area contributed by atoms with E-state index < -0.39 is 0 Å². The molecule has 23 heavy (non-hydrogen) atoms. The Labute approximate surface area is 160 Å². The molecular formula is C20H35IN2. The molecule has 0 spiro atoms. The summed E-state index contributed by atoms with van der Waals surface area (Å²) in [6.07, 6.45) is 10.7. The van der Waals surface area contributed by atoms with E-state index in [1.165, 1.54) is 64.7 Å². The second kappa shape index (κ2) is 7.88. The van der Waals surface area contributed by atoms with E-state index in [0.29, 0.717) is 5.41 Å². The van der Waals surface area contributed by atoms with E-state index in [1.54, 1.807) is 11.4 Å².